The Bertz CT molecular complexity index is 873. The van der Waals surface area contributed by atoms with E-state index in [-0.39, 0.29) is 0 Å². The summed E-state index contributed by atoms with van der Waals surface area (Å²) in [6, 6.07) is 10.3. The third-order valence-corrected chi connectivity index (χ3v) is 5.17. The number of nitrogens with zero attached hydrogens (tertiary/aromatic N) is 3. The number of hydrogen-bond donors (Lipinski definition) is 1. The standard InChI is InChI=1S/C20H24N4O/c1-3-14-12-21-23-19(14)16-7-5-11-24(13-16)18-10-9-15-6-4-8-17(25-2)20(15)22-18/h4,6,8-10,12,16H,3,5,7,11,13H2,1-2H3,(H,21,23)/t16-/m0/s1. The lowest BCUT2D eigenvalue weighted by molar-refractivity contribution is 0.419. The summed E-state index contributed by atoms with van der Waals surface area (Å²) in [5.41, 5.74) is 3.56. The second kappa shape index (κ2) is 6.75. The third kappa shape index (κ3) is 2.95. The molecule has 1 atom stereocenters. The Hall–Kier alpha value is -2.56. The van der Waals surface area contributed by atoms with Gasteiger partial charge in [0.1, 0.15) is 17.1 Å². The fourth-order valence-corrected chi connectivity index (χ4v) is 3.83. The molecule has 1 aromatic carbocycles. The van der Waals surface area contributed by atoms with E-state index >= 15 is 0 Å². The van der Waals surface area contributed by atoms with E-state index in [0.29, 0.717) is 5.92 Å². The zero-order valence-electron chi connectivity index (χ0n) is 14.8. The summed E-state index contributed by atoms with van der Waals surface area (Å²) in [5.74, 6) is 2.34. The summed E-state index contributed by atoms with van der Waals surface area (Å²) in [7, 11) is 1.70. The van der Waals surface area contributed by atoms with Crippen LogP contribution in [0.25, 0.3) is 10.9 Å². The average molecular weight is 336 g/mol. The fraction of sp³-hybridized carbons (Fsp3) is 0.400. The molecule has 0 unspecified atom stereocenters. The topological polar surface area (TPSA) is 54.0 Å². The molecular formula is C20H24N4O. The number of aromatic amines is 1. The summed E-state index contributed by atoms with van der Waals surface area (Å²) in [6.45, 7) is 4.20. The van der Waals surface area contributed by atoms with Crippen LogP contribution in [-0.4, -0.2) is 35.4 Å². The highest BCUT2D eigenvalue weighted by Crippen LogP contribution is 2.32. The highest BCUT2D eigenvalue weighted by atomic mass is 16.5. The van der Waals surface area contributed by atoms with Crippen LogP contribution in [0, 0.1) is 0 Å². The van der Waals surface area contributed by atoms with Gasteiger partial charge in [-0.1, -0.05) is 19.1 Å². The molecule has 1 N–H and O–H groups in total. The maximum absolute atomic E-state index is 5.49. The molecular weight excluding hydrogens is 312 g/mol. The van der Waals surface area contributed by atoms with Gasteiger partial charge in [-0.15, -0.1) is 0 Å². The molecule has 5 heteroatoms. The van der Waals surface area contributed by atoms with Crippen molar-refractivity contribution in [2.75, 3.05) is 25.1 Å². The Morgan fingerprint density at radius 3 is 3.04 bits per heavy atom. The number of benzene rings is 1. The van der Waals surface area contributed by atoms with Crippen LogP contribution in [0.4, 0.5) is 5.82 Å². The Morgan fingerprint density at radius 1 is 1.28 bits per heavy atom. The van der Waals surface area contributed by atoms with Gasteiger partial charge in [0.2, 0.25) is 0 Å². The molecule has 2 aromatic heterocycles. The zero-order chi connectivity index (χ0) is 17.2. The molecule has 0 spiro atoms. The van der Waals surface area contributed by atoms with Crippen molar-refractivity contribution in [2.45, 2.75) is 32.1 Å². The smallest absolute Gasteiger partial charge is 0.145 e. The maximum Gasteiger partial charge on any atom is 0.145 e. The van der Waals surface area contributed by atoms with Crippen molar-refractivity contribution in [1.82, 2.24) is 15.2 Å². The molecule has 1 aliphatic heterocycles. The van der Waals surface area contributed by atoms with E-state index in [1.807, 2.05) is 18.3 Å². The Kier molecular flexibility index (Phi) is 4.30. The molecule has 0 saturated carbocycles. The zero-order valence-corrected chi connectivity index (χ0v) is 14.8. The molecule has 0 bridgehead atoms. The van der Waals surface area contributed by atoms with Crippen LogP contribution in [-0.2, 0) is 6.42 Å². The number of fused-ring (bicyclic) bond motifs is 1. The molecule has 130 valence electrons. The maximum atomic E-state index is 5.49. The summed E-state index contributed by atoms with van der Waals surface area (Å²) < 4.78 is 5.49. The second-order valence-electron chi connectivity index (χ2n) is 6.65. The lowest BCUT2D eigenvalue weighted by Gasteiger charge is -2.33. The molecule has 1 saturated heterocycles. The minimum absolute atomic E-state index is 0.487. The van der Waals surface area contributed by atoms with Gasteiger partial charge in [0.15, 0.2) is 0 Å². The van der Waals surface area contributed by atoms with Crippen LogP contribution in [0.3, 0.4) is 0 Å². The molecule has 3 heterocycles. The van der Waals surface area contributed by atoms with Crippen molar-refractivity contribution < 1.29 is 4.74 Å². The number of aromatic nitrogens is 3. The number of anilines is 1. The summed E-state index contributed by atoms with van der Waals surface area (Å²) in [4.78, 5) is 7.29. The van der Waals surface area contributed by atoms with E-state index < -0.39 is 0 Å². The number of pyridine rings is 1. The number of para-hydroxylation sites is 1. The minimum atomic E-state index is 0.487. The van der Waals surface area contributed by atoms with Crippen molar-refractivity contribution in [3.63, 3.8) is 0 Å². The van der Waals surface area contributed by atoms with Gasteiger partial charge in [-0.2, -0.15) is 5.10 Å². The summed E-state index contributed by atoms with van der Waals surface area (Å²) in [5, 5.41) is 8.59. The van der Waals surface area contributed by atoms with Crippen molar-refractivity contribution in [3.05, 3.63) is 47.8 Å². The van der Waals surface area contributed by atoms with Crippen LogP contribution in [0.15, 0.2) is 36.5 Å². The first kappa shape index (κ1) is 15.9. The van der Waals surface area contributed by atoms with Gasteiger partial charge in [-0.25, -0.2) is 4.98 Å². The normalized spacial score (nSPS) is 17.8. The highest BCUT2D eigenvalue weighted by Gasteiger charge is 2.25. The highest BCUT2D eigenvalue weighted by molar-refractivity contribution is 5.86. The molecule has 1 fully saturated rings. The van der Waals surface area contributed by atoms with Crippen molar-refractivity contribution in [1.29, 1.82) is 0 Å². The van der Waals surface area contributed by atoms with Crippen LogP contribution < -0.4 is 9.64 Å². The Morgan fingerprint density at radius 2 is 2.20 bits per heavy atom. The molecule has 3 aromatic rings. The van der Waals surface area contributed by atoms with Crippen molar-refractivity contribution in [2.24, 2.45) is 0 Å². The van der Waals surface area contributed by atoms with E-state index in [0.717, 1.165) is 42.0 Å². The molecule has 0 aliphatic carbocycles. The van der Waals surface area contributed by atoms with Crippen molar-refractivity contribution >= 4 is 16.7 Å². The number of aryl methyl sites for hydroxylation is 1. The Labute approximate surface area is 148 Å². The number of hydrogen-bond acceptors (Lipinski definition) is 4. The largest absolute Gasteiger partial charge is 0.494 e. The number of piperidine rings is 1. The van der Waals surface area contributed by atoms with Gasteiger partial charge >= 0.3 is 0 Å². The van der Waals surface area contributed by atoms with E-state index in [4.69, 9.17) is 9.72 Å². The molecule has 4 rings (SSSR count). The quantitative estimate of drug-likeness (QED) is 0.785. The van der Waals surface area contributed by atoms with Crippen LogP contribution in [0.2, 0.25) is 0 Å². The molecule has 1 aliphatic rings. The van der Waals surface area contributed by atoms with E-state index in [1.165, 1.54) is 24.1 Å². The number of rotatable bonds is 4. The number of H-pyrrole nitrogens is 1. The number of nitrogens with one attached hydrogen (secondary N) is 1. The molecule has 5 nitrogen and oxygen atoms in total. The fourth-order valence-electron chi connectivity index (χ4n) is 3.83. The van der Waals surface area contributed by atoms with Crippen LogP contribution >= 0.6 is 0 Å². The van der Waals surface area contributed by atoms with Gasteiger partial charge in [0, 0.05) is 30.1 Å². The Balaban J connectivity index is 1.64. The molecule has 0 amide bonds. The average Bonchev–Trinajstić information content (AvgIpc) is 3.16. The van der Waals surface area contributed by atoms with E-state index in [1.54, 1.807) is 7.11 Å². The molecule has 0 radical (unpaired) electrons. The summed E-state index contributed by atoms with van der Waals surface area (Å²) >= 11 is 0. The lowest BCUT2D eigenvalue weighted by Crippen LogP contribution is -2.35. The minimum Gasteiger partial charge on any atom is -0.494 e. The van der Waals surface area contributed by atoms with Crippen LogP contribution in [0.1, 0.15) is 36.9 Å². The van der Waals surface area contributed by atoms with E-state index in [2.05, 4.69) is 40.2 Å². The predicted molar refractivity (Wildman–Crippen MR) is 100 cm³/mol. The predicted octanol–water partition coefficient (Wildman–Crippen LogP) is 3.91. The summed E-state index contributed by atoms with van der Waals surface area (Å²) in [6.07, 6.45) is 5.35. The second-order valence-corrected chi connectivity index (χ2v) is 6.65. The number of methoxy groups -OCH3 is 1. The van der Waals surface area contributed by atoms with E-state index in [9.17, 15) is 0 Å². The van der Waals surface area contributed by atoms with Gasteiger partial charge in [0.25, 0.3) is 0 Å². The first-order chi connectivity index (χ1) is 12.3. The third-order valence-electron chi connectivity index (χ3n) is 5.17. The van der Waals surface area contributed by atoms with Crippen molar-refractivity contribution in [3.8, 4) is 5.75 Å². The van der Waals surface area contributed by atoms with Crippen LogP contribution in [0.5, 0.6) is 5.75 Å². The van der Waals surface area contributed by atoms with Gasteiger partial charge in [-0.05, 0) is 43.0 Å². The monoisotopic (exact) mass is 336 g/mol. The number of ether oxygens (including phenoxy) is 1. The van der Waals surface area contributed by atoms with Gasteiger partial charge in [-0.3, -0.25) is 5.10 Å². The first-order valence-electron chi connectivity index (χ1n) is 9.01. The molecule has 25 heavy (non-hydrogen) atoms. The van der Waals surface area contributed by atoms with Gasteiger partial charge < -0.3 is 9.64 Å². The SMILES string of the molecule is CCc1cn[nH]c1[C@H]1CCCN(c2ccc3cccc(OC)c3n2)C1. The first-order valence-corrected chi connectivity index (χ1v) is 9.01. The van der Waals surface area contributed by atoms with Gasteiger partial charge in [0.05, 0.1) is 13.3 Å². The lowest BCUT2D eigenvalue weighted by atomic mass is 9.92.